The van der Waals surface area contributed by atoms with E-state index in [0.717, 1.165) is 41.9 Å². The first kappa shape index (κ1) is 16.2. The Morgan fingerprint density at radius 2 is 1.96 bits per heavy atom. The van der Waals surface area contributed by atoms with Crippen molar-refractivity contribution in [3.63, 3.8) is 0 Å². The molecule has 4 rings (SSSR count). The second-order valence-electron chi connectivity index (χ2n) is 6.08. The fourth-order valence-corrected chi connectivity index (χ4v) is 4.16. The number of rotatable bonds is 4. The lowest BCUT2D eigenvalue weighted by molar-refractivity contribution is 0.629. The molecule has 126 valence electrons. The van der Waals surface area contributed by atoms with Crippen molar-refractivity contribution < 1.29 is 4.39 Å². The number of fused-ring (bicyclic) bond motifs is 1. The second-order valence-corrected chi connectivity index (χ2v) is 7.10. The highest BCUT2D eigenvalue weighted by Gasteiger charge is 2.12. The van der Waals surface area contributed by atoms with Gasteiger partial charge in [0.25, 0.3) is 0 Å². The van der Waals surface area contributed by atoms with Gasteiger partial charge in [-0.3, -0.25) is 4.99 Å². The minimum Gasteiger partial charge on any atom is -0.370 e. The zero-order chi connectivity index (χ0) is 17.1. The van der Waals surface area contributed by atoms with Crippen LogP contribution in [0.1, 0.15) is 17.5 Å². The van der Waals surface area contributed by atoms with Crippen molar-refractivity contribution >= 4 is 28.4 Å². The van der Waals surface area contributed by atoms with Crippen LogP contribution in [0.5, 0.6) is 0 Å². The molecule has 25 heavy (non-hydrogen) atoms. The second kappa shape index (κ2) is 7.28. The number of nitrogens with one attached hydrogen (secondary N) is 1. The standard InChI is InChI=1S/C21H19FN2S/c22-17-9-10-18-15(13-17)5-3-6-16(18)14-25-20-8-2-1-7-19(20)21-23-11-4-12-24-21/h1-3,5-10,13H,4,11-12,14H2,(H,23,24). The van der Waals surface area contributed by atoms with Crippen molar-refractivity contribution in [1.29, 1.82) is 0 Å². The molecule has 0 radical (unpaired) electrons. The topological polar surface area (TPSA) is 24.4 Å². The molecule has 0 fully saturated rings. The van der Waals surface area contributed by atoms with Crippen LogP contribution >= 0.6 is 11.8 Å². The maximum absolute atomic E-state index is 13.5. The molecule has 4 heteroatoms. The fraction of sp³-hybridized carbons (Fsp3) is 0.190. The van der Waals surface area contributed by atoms with Gasteiger partial charge in [-0.15, -0.1) is 11.8 Å². The summed E-state index contributed by atoms with van der Waals surface area (Å²) >= 11 is 1.80. The number of hydrogen-bond donors (Lipinski definition) is 1. The van der Waals surface area contributed by atoms with Crippen LogP contribution in [0.15, 0.2) is 70.6 Å². The molecule has 0 unspecified atom stereocenters. The fourth-order valence-electron chi connectivity index (χ4n) is 3.10. The largest absolute Gasteiger partial charge is 0.370 e. The smallest absolute Gasteiger partial charge is 0.129 e. The van der Waals surface area contributed by atoms with Gasteiger partial charge in [0.15, 0.2) is 0 Å². The van der Waals surface area contributed by atoms with Crippen molar-refractivity contribution in [2.24, 2.45) is 4.99 Å². The number of amidine groups is 1. The highest BCUT2D eigenvalue weighted by Crippen LogP contribution is 2.30. The molecular weight excluding hydrogens is 331 g/mol. The van der Waals surface area contributed by atoms with Gasteiger partial charge in [0, 0.05) is 29.3 Å². The maximum atomic E-state index is 13.5. The Morgan fingerprint density at radius 1 is 1.04 bits per heavy atom. The normalized spacial score (nSPS) is 14.2. The number of benzene rings is 3. The van der Waals surface area contributed by atoms with Crippen molar-refractivity contribution in [3.8, 4) is 0 Å². The van der Waals surface area contributed by atoms with Gasteiger partial charge in [0.05, 0.1) is 0 Å². The summed E-state index contributed by atoms with van der Waals surface area (Å²) in [6.45, 7) is 1.86. The molecule has 3 aromatic rings. The molecule has 0 amide bonds. The minimum absolute atomic E-state index is 0.191. The summed E-state index contributed by atoms with van der Waals surface area (Å²) in [6, 6.07) is 19.5. The lowest BCUT2D eigenvalue weighted by atomic mass is 10.1. The van der Waals surface area contributed by atoms with E-state index in [1.807, 2.05) is 18.2 Å². The van der Waals surface area contributed by atoms with E-state index < -0.39 is 0 Å². The Morgan fingerprint density at radius 3 is 2.84 bits per heavy atom. The number of nitrogens with zero attached hydrogens (tertiary/aromatic N) is 1. The predicted octanol–water partition coefficient (Wildman–Crippen LogP) is 5.01. The Labute approximate surface area is 151 Å². The van der Waals surface area contributed by atoms with Crippen LogP contribution in [-0.4, -0.2) is 18.9 Å². The van der Waals surface area contributed by atoms with Crippen LogP contribution in [-0.2, 0) is 5.75 Å². The molecule has 2 nitrogen and oxygen atoms in total. The highest BCUT2D eigenvalue weighted by atomic mass is 32.2. The molecule has 1 aliphatic rings. The molecule has 3 aromatic carbocycles. The van der Waals surface area contributed by atoms with Gasteiger partial charge in [-0.1, -0.05) is 42.5 Å². The van der Waals surface area contributed by atoms with Crippen molar-refractivity contribution in [3.05, 3.63) is 77.6 Å². The average Bonchev–Trinajstić information content (AvgIpc) is 2.67. The van der Waals surface area contributed by atoms with Crippen LogP contribution in [0.4, 0.5) is 4.39 Å². The van der Waals surface area contributed by atoms with Crippen LogP contribution in [0, 0.1) is 5.82 Å². The lowest BCUT2D eigenvalue weighted by Crippen LogP contribution is -2.30. The van der Waals surface area contributed by atoms with E-state index in [9.17, 15) is 4.39 Å². The summed E-state index contributed by atoms with van der Waals surface area (Å²) in [6.07, 6.45) is 1.09. The molecular formula is C21H19FN2S. The van der Waals surface area contributed by atoms with E-state index in [1.54, 1.807) is 17.8 Å². The minimum atomic E-state index is -0.191. The van der Waals surface area contributed by atoms with Crippen molar-refractivity contribution in [1.82, 2.24) is 5.32 Å². The number of thioether (sulfide) groups is 1. The number of hydrogen-bond acceptors (Lipinski definition) is 3. The molecule has 0 saturated carbocycles. The lowest BCUT2D eigenvalue weighted by Gasteiger charge is -2.17. The molecule has 1 N–H and O–H groups in total. The first-order chi connectivity index (χ1) is 12.3. The Bertz CT molecular complexity index is 936. The maximum Gasteiger partial charge on any atom is 0.129 e. The van der Waals surface area contributed by atoms with Gasteiger partial charge >= 0.3 is 0 Å². The monoisotopic (exact) mass is 350 g/mol. The van der Waals surface area contributed by atoms with E-state index in [4.69, 9.17) is 0 Å². The third-order valence-corrected chi connectivity index (χ3v) is 5.48. The molecule has 0 bridgehead atoms. The van der Waals surface area contributed by atoms with Crippen molar-refractivity contribution in [2.75, 3.05) is 13.1 Å². The van der Waals surface area contributed by atoms with Crippen molar-refractivity contribution in [2.45, 2.75) is 17.1 Å². The quantitative estimate of drug-likeness (QED) is 0.669. The van der Waals surface area contributed by atoms with Crippen LogP contribution in [0.2, 0.25) is 0 Å². The van der Waals surface area contributed by atoms with Gasteiger partial charge < -0.3 is 5.32 Å². The Hall–Kier alpha value is -2.33. The molecule has 1 aliphatic heterocycles. The third-order valence-electron chi connectivity index (χ3n) is 4.36. The van der Waals surface area contributed by atoms with Crippen LogP contribution in [0.3, 0.4) is 0 Å². The summed E-state index contributed by atoms with van der Waals surface area (Å²) in [5.74, 6) is 1.64. The third kappa shape index (κ3) is 3.54. The first-order valence-corrected chi connectivity index (χ1v) is 9.47. The van der Waals surface area contributed by atoms with E-state index in [2.05, 4.69) is 40.6 Å². The number of halogens is 1. The first-order valence-electron chi connectivity index (χ1n) is 8.49. The van der Waals surface area contributed by atoms with E-state index in [1.165, 1.54) is 22.1 Å². The zero-order valence-corrected chi connectivity index (χ0v) is 14.7. The predicted molar refractivity (Wildman–Crippen MR) is 104 cm³/mol. The van der Waals surface area contributed by atoms with Gasteiger partial charge in [-0.25, -0.2) is 4.39 Å². The Balaban J connectivity index is 1.61. The summed E-state index contributed by atoms with van der Waals surface area (Å²) in [7, 11) is 0. The molecule has 0 aromatic heterocycles. The summed E-state index contributed by atoms with van der Waals surface area (Å²) in [4.78, 5) is 5.84. The van der Waals surface area contributed by atoms with Gasteiger partial charge in [0.1, 0.15) is 11.7 Å². The average molecular weight is 350 g/mol. The molecule has 0 aliphatic carbocycles. The molecule has 0 spiro atoms. The summed E-state index contributed by atoms with van der Waals surface area (Å²) < 4.78 is 13.5. The molecule has 0 saturated heterocycles. The van der Waals surface area contributed by atoms with Gasteiger partial charge in [0.2, 0.25) is 0 Å². The van der Waals surface area contributed by atoms with Gasteiger partial charge in [-0.2, -0.15) is 0 Å². The zero-order valence-electron chi connectivity index (χ0n) is 13.8. The highest BCUT2D eigenvalue weighted by molar-refractivity contribution is 7.98. The summed E-state index contributed by atoms with van der Waals surface area (Å²) in [5, 5.41) is 5.47. The number of aliphatic imine (C=N–C) groups is 1. The van der Waals surface area contributed by atoms with Gasteiger partial charge in [-0.05, 0) is 41.0 Å². The van der Waals surface area contributed by atoms with Crippen LogP contribution in [0.25, 0.3) is 10.8 Å². The molecule has 1 heterocycles. The van der Waals surface area contributed by atoms with E-state index in [0.29, 0.717) is 0 Å². The van der Waals surface area contributed by atoms with E-state index >= 15 is 0 Å². The van der Waals surface area contributed by atoms with Crippen LogP contribution < -0.4 is 5.32 Å². The summed E-state index contributed by atoms with van der Waals surface area (Å²) in [5.41, 5.74) is 2.38. The van der Waals surface area contributed by atoms with E-state index in [-0.39, 0.29) is 5.82 Å². The molecule has 0 atom stereocenters. The Kier molecular flexibility index (Phi) is 4.70. The SMILES string of the molecule is Fc1ccc2c(CSc3ccccc3C3=NCCCN3)cccc2c1.